The molecular weight excluding hydrogens is 359 g/mol. The topological polar surface area (TPSA) is 52.2 Å². The van der Waals surface area contributed by atoms with Crippen molar-refractivity contribution in [3.63, 3.8) is 0 Å². The third-order valence-corrected chi connectivity index (χ3v) is 4.66. The highest BCUT2D eigenvalue weighted by atomic mass is 19.3. The highest BCUT2D eigenvalue weighted by molar-refractivity contribution is 6.56. The van der Waals surface area contributed by atoms with Gasteiger partial charge in [0.15, 0.2) is 0 Å². The lowest BCUT2D eigenvalue weighted by Gasteiger charge is -2.24. The Balaban J connectivity index is 2.07. The Kier molecular flexibility index (Phi) is 3.99. The number of rotatable bonds is 3. The van der Waals surface area contributed by atoms with E-state index in [1.54, 1.807) is 27.3 Å². The zero-order chi connectivity index (χ0) is 20.3. The van der Waals surface area contributed by atoms with Crippen LogP contribution >= 0.6 is 0 Å². The van der Waals surface area contributed by atoms with Gasteiger partial charge in [-0.05, 0) is 29.5 Å². The number of nitrogens with zero attached hydrogens (tertiary/aromatic N) is 4. The lowest BCUT2D eigenvalue weighted by molar-refractivity contribution is 0.0128. The van der Waals surface area contributed by atoms with Crippen molar-refractivity contribution in [2.24, 2.45) is 0 Å². The molecule has 0 saturated carbocycles. The molecule has 0 spiro atoms. The Morgan fingerprint density at radius 2 is 1.79 bits per heavy atom. The molecule has 4 rings (SSSR count). The fourth-order valence-corrected chi connectivity index (χ4v) is 3.39. The van der Waals surface area contributed by atoms with Crippen LogP contribution in [0.2, 0.25) is 0 Å². The molecule has 0 radical (unpaired) electrons. The van der Waals surface area contributed by atoms with Crippen LogP contribution in [0.25, 0.3) is 27.8 Å². The molecule has 0 aliphatic rings. The van der Waals surface area contributed by atoms with Gasteiger partial charge in [-0.1, -0.05) is 12.1 Å². The van der Waals surface area contributed by atoms with Crippen LogP contribution in [0.1, 0.15) is 12.6 Å². The second-order valence-electron chi connectivity index (χ2n) is 7.95. The van der Waals surface area contributed by atoms with Crippen molar-refractivity contribution < 1.29 is 8.78 Å². The lowest BCUT2D eigenvalue weighted by Crippen LogP contribution is -2.43. The molecule has 0 saturated heterocycles. The number of halogens is 2. The summed E-state index contributed by atoms with van der Waals surface area (Å²) in [5.41, 5.74) is 1.86. The molecule has 28 heavy (non-hydrogen) atoms. The van der Waals surface area contributed by atoms with Gasteiger partial charge in [0, 0.05) is 24.8 Å². The van der Waals surface area contributed by atoms with E-state index in [0.717, 1.165) is 6.92 Å². The second kappa shape index (κ2) is 6.05. The summed E-state index contributed by atoms with van der Waals surface area (Å²) in [5.74, 6) is -3.05. The van der Waals surface area contributed by atoms with E-state index in [9.17, 15) is 13.6 Å². The van der Waals surface area contributed by atoms with Crippen LogP contribution in [0, 0.1) is 0 Å². The van der Waals surface area contributed by atoms with Gasteiger partial charge in [0.1, 0.15) is 34.9 Å². The van der Waals surface area contributed by atoms with Crippen molar-refractivity contribution in [2.75, 3.05) is 0 Å². The molecule has 0 aliphatic heterocycles. The summed E-state index contributed by atoms with van der Waals surface area (Å²) in [5, 5.41) is 4.70. The van der Waals surface area contributed by atoms with E-state index in [4.69, 9.17) is 0 Å². The van der Waals surface area contributed by atoms with Crippen molar-refractivity contribution in [2.45, 2.75) is 18.1 Å². The summed E-state index contributed by atoms with van der Waals surface area (Å²) >= 11 is 0. The van der Waals surface area contributed by atoms with Crippen LogP contribution in [-0.2, 0) is 11.2 Å². The largest absolute Gasteiger partial charge is 0.311 e. The first-order valence-electron chi connectivity index (χ1n) is 8.96. The predicted octanol–water partition coefficient (Wildman–Crippen LogP) is 0.290. The molecule has 0 atom stereocenters. The first kappa shape index (κ1) is 18.5. The highest BCUT2D eigenvalue weighted by Crippen LogP contribution is 2.29. The molecule has 0 bridgehead atoms. The molecule has 0 fully saturated rings. The number of alkyl halides is 2. The fourth-order valence-electron chi connectivity index (χ4n) is 3.39. The van der Waals surface area contributed by atoms with Gasteiger partial charge in [0.25, 0.3) is 11.5 Å². The zero-order valence-electron chi connectivity index (χ0n) is 16.1. The van der Waals surface area contributed by atoms with Gasteiger partial charge in [-0.3, -0.25) is 9.78 Å². The van der Waals surface area contributed by atoms with E-state index < -0.39 is 11.2 Å². The van der Waals surface area contributed by atoms with Gasteiger partial charge in [-0.15, -0.1) is 0 Å². The third kappa shape index (κ3) is 2.93. The average Bonchev–Trinajstić information content (AvgIpc) is 3.05. The number of pyridine rings is 1. The number of hydrogen-bond donors (Lipinski definition) is 0. The molecule has 5 nitrogen and oxygen atoms in total. The maximum absolute atomic E-state index is 13.7. The van der Waals surface area contributed by atoms with Crippen molar-refractivity contribution >= 4 is 40.1 Å². The minimum atomic E-state index is -3.05. The van der Waals surface area contributed by atoms with Crippen molar-refractivity contribution in [1.29, 1.82) is 0 Å². The van der Waals surface area contributed by atoms with Crippen molar-refractivity contribution in [3.05, 3.63) is 64.7 Å². The van der Waals surface area contributed by atoms with Gasteiger partial charge in [-0.2, -0.15) is 13.9 Å². The van der Waals surface area contributed by atoms with Gasteiger partial charge in [0.05, 0.1) is 16.6 Å². The Labute approximate surface area is 162 Å². The van der Waals surface area contributed by atoms with Crippen LogP contribution in [0.5, 0.6) is 0 Å². The lowest BCUT2D eigenvalue weighted by atomic mass is 9.49. The van der Waals surface area contributed by atoms with Crippen molar-refractivity contribution in [1.82, 2.24) is 19.2 Å². The smallest absolute Gasteiger partial charge is 0.286 e. The fraction of sp³-hybridized carbons (Fsp3) is 0.167. The minimum Gasteiger partial charge on any atom is -0.311 e. The number of fused-ring (bicyclic) bond motifs is 3. The molecule has 0 N–H and O–H groups in total. The van der Waals surface area contributed by atoms with E-state index in [-0.39, 0.29) is 11.3 Å². The summed E-state index contributed by atoms with van der Waals surface area (Å²) in [7, 11) is 5.83. The molecule has 0 aliphatic carbocycles. The number of benzene rings is 1. The maximum atomic E-state index is 13.7. The van der Waals surface area contributed by atoms with Crippen LogP contribution in [0.4, 0.5) is 8.78 Å². The maximum Gasteiger partial charge on any atom is 0.286 e. The summed E-state index contributed by atoms with van der Waals surface area (Å²) in [6.07, 6.45) is 1.35. The van der Waals surface area contributed by atoms with Crippen molar-refractivity contribution in [3.8, 4) is 11.3 Å². The quantitative estimate of drug-likeness (QED) is 0.484. The highest BCUT2D eigenvalue weighted by Gasteiger charge is 2.27. The molecule has 3 aromatic heterocycles. The molecule has 4 aromatic rings. The molecule has 10 heteroatoms. The average molecular weight is 376 g/mol. The van der Waals surface area contributed by atoms with E-state index in [0.29, 0.717) is 27.8 Å². The van der Waals surface area contributed by atoms with E-state index >= 15 is 0 Å². The summed E-state index contributed by atoms with van der Waals surface area (Å²) < 4.78 is 30.8. The zero-order valence-corrected chi connectivity index (χ0v) is 16.1. The monoisotopic (exact) mass is 376 g/mol. The summed E-state index contributed by atoms with van der Waals surface area (Å²) in [6, 6.07) is 12.0. The summed E-state index contributed by atoms with van der Waals surface area (Å²) in [6.45, 7) is 0.813. The molecule has 3 heterocycles. The summed E-state index contributed by atoms with van der Waals surface area (Å²) in [4.78, 5) is 16.9. The SMILES string of the molecule is BC(B)(B)n1c(=O)c2ccccc2n2nc(-c3ccnc(C(C)(F)F)c3)cc12. The van der Waals surface area contributed by atoms with Crippen LogP contribution in [-0.4, -0.2) is 42.7 Å². The standard InChI is InChI=1S/C18H17B3F2N4O/c1-17(22,23)14-8-10(6-7-24-14)12-9-15-26(18(19,20)21)16(28)11-4-2-3-5-13(11)27(15)25-12/h2-9H,19-21H2,1H3. The van der Waals surface area contributed by atoms with Crippen LogP contribution in [0.15, 0.2) is 53.5 Å². The third-order valence-electron chi connectivity index (χ3n) is 4.66. The Morgan fingerprint density at radius 3 is 2.46 bits per heavy atom. The number of aromatic nitrogens is 4. The van der Waals surface area contributed by atoms with E-state index in [2.05, 4.69) is 10.1 Å². The van der Waals surface area contributed by atoms with Crippen LogP contribution < -0.4 is 5.56 Å². The predicted molar refractivity (Wildman–Crippen MR) is 113 cm³/mol. The molecule has 0 amide bonds. The minimum absolute atomic E-state index is 0.113. The van der Waals surface area contributed by atoms with Gasteiger partial charge in [0.2, 0.25) is 0 Å². The Hall–Kier alpha value is -2.90. The molecular formula is C18H17B3F2N4O. The van der Waals surface area contributed by atoms with Gasteiger partial charge < -0.3 is 4.57 Å². The Bertz CT molecular complexity index is 1270. The van der Waals surface area contributed by atoms with Gasteiger partial charge in [-0.25, -0.2) is 4.52 Å². The number of hydrogen-bond acceptors (Lipinski definition) is 3. The first-order chi connectivity index (χ1) is 13.1. The first-order valence-corrected chi connectivity index (χ1v) is 8.96. The molecule has 0 unspecified atom stereocenters. The van der Waals surface area contributed by atoms with Gasteiger partial charge >= 0.3 is 0 Å². The molecule has 1 aromatic carbocycles. The Morgan fingerprint density at radius 1 is 1.07 bits per heavy atom. The van der Waals surface area contributed by atoms with Crippen LogP contribution in [0.3, 0.4) is 0 Å². The van der Waals surface area contributed by atoms with E-state index in [1.807, 2.05) is 41.7 Å². The normalized spacial score (nSPS) is 12.7. The second-order valence-corrected chi connectivity index (χ2v) is 7.95. The van der Waals surface area contributed by atoms with E-state index in [1.165, 1.54) is 12.3 Å². The number of para-hydroxylation sites is 1. The molecule has 138 valence electrons.